The number of hydrogen-bond acceptors (Lipinski definition) is 4. The van der Waals surface area contributed by atoms with Crippen molar-refractivity contribution in [1.29, 1.82) is 0 Å². The molecule has 118 valence electrons. The second-order valence-electron chi connectivity index (χ2n) is 6.74. The van der Waals surface area contributed by atoms with Crippen LogP contribution in [0.1, 0.15) is 37.6 Å². The topological polar surface area (TPSA) is 63.8 Å². The van der Waals surface area contributed by atoms with Gasteiger partial charge in [0.2, 0.25) is 0 Å². The fourth-order valence-corrected chi connectivity index (χ4v) is 3.22. The van der Waals surface area contributed by atoms with Crippen LogP contribution in [0.15, 0.2) is 24.4 Å². The van der Waals surface area contributed by atoms with E-state index in [1.54, 1.807) is 20.0 Å². The lowest BCUT2D eigenvalue weighted by molar-refractivity contribution is 0.0685. The molecule has 0 saturated heterocycles. The molecule has 0 unspecified atom stereocenters. The third-order valence-electron chi connectivity index (χ3n) is 4.45. The largest absolute Gasteiger partial charge is 0.382 e. The maximum absolute atomic E-state index is 10.1. The van der Waals surface area contributed by atoms with E-state index in [9.17, 15) is 5.11 Å². The van der Waals surface area contributed by atoms with Crippen LogP contribution in [-0.2, 0) is 18.6 Å². The van der Waals surface area contributed by atoms with Gasteiger partial charge in [-0.1, -0.05) is 6.07 Å². The van der Waals surface area contributed by atoms with Gasteiger partial charge in [-0.3, -0.25) is 0 Å². The third-order valence-corrected chi connectivity index (χ3v) is 4.45. The van der Waals surface area contributed by atoms with Crippen LogP contribution in [0, 0.1) is 6.92 Å². The molecule has 23 heavy (non-hydrogen) atoms. The first-order chi connectivity index (χ1) is 10.9. The molecule has 2 aromatic heterocycles. The van der Waals surface area contributed by atoms with Gasteiger partial charge in [-0.25, -0.2) is 15.0 Å². The van der Waals surface area contributed by atoms with E-state index < -0.39 is 5.60 Å². The highest BCUT2D eigenvalue weighted by Gasteiger charge is 2.21. The minimum absolute atomic E-state index is 0.449. The Morgan fingerprint density at radius 2 is 2.04 bits per heavy atom. The van der Waals surface area contributed by atoms with Crippen molar-refractivity contribution in [3.63, 3.8) is 0 Å². The van der Waals surface area contributed by atoms with Gasteiger partial charge in [0.15, 0.2) is 5.82 Å². The van der Waals surface area contributed by atoms with Crippen LogP contribution in [0.2, 0.25) is 0 Å². The van der Waals surface area contributed by atoms with Crippen LogP contribution < -0.4 is 0 Å². The first kappa shape index (κ1) is 14.3. The summed E-state index contributed by atoms with van der Waals surface area (Å²) in [6.45, 7) is 6.39. The summed E-state index contributed by atoms with van der Waals surface area (Å²) in [7, 11) is 0. The first-order valence-electron chi connectivity index (χ1n) is 7.99. The molecule has 1 aromatic carbocycles. The quantitative estimate of drug-likeness (QED) is 0.790. The van der Waals surface area contributed by atoms with E-state index in [0.717, 1.165) is 35.3 Å². The molecule has 0 spiro atoms. The minimum Gasteiger partial charge on any atom is -0.382 e. The molecule has 5 nitrogen and oxygen atoms in total. The van der Waals surface area contributed by atoms with Crippen molar-refractivity contribution in [3.05, 3.63) is 41.7 Å². The Labute approximate surface area is 135 Å². The van der Waals surface area contributed by atoms with Gasteiger partial charge < -0.3 is 9.67 Å². The van der Waals surface area contributed by atoms with Gasteiger partial charge in [-0.2, -0.15) is 0 Å². The van der Waals surface area contributed by atoms with Crippen molar-refractivity contribution in [2.24, 2.45) is 0 Å². The van der Waals surface area contributed by atoms with E-state index in [4.69, 9.17) is 4.98 Å². The number of fused-ring (bicyclic) bond motifs is 3. The van der Waals surface area contributed by atoms with E-state index >= 15 is 0 Å². The Kier molecular flexibility index (Phi) is 3.03. The maximum Gasteiger partial charge on any atom is 0.159 e. The smallest absolute Gasteiger partial charge is 0.159 e. The van der Waals surface area contributed by atoms with Crippen molar-refractivity contribution in [1.82, 2.24) is 19.5 Å². The van der Waals surface area contributed by atoms with Crippen molar-refractivity contribution in [3.8, 4) is 11.1 Å². The number of aliphatic hydroxyl groups is 1. The normalized spacial score (nSPS) is 14.4. The molecule has 0 aliphatic carbocycles. The molecule has 1 N–H and O–H groups in total. The zero-order valence-electron chi connectivity index (χ0n) is 13.7. The fraction of sp³-hybridized carbons (Fsp3) is 0.389. The lowest BCUT2D eigenvalue weighted by Crippen LogP contribution is -2.20. The van der Waals surface area contributed by atoms with Crippen LogP contribution in [0.5, 0.6) is 0 Å². The Balaban J connectivity index is 1.83. The second-order valence-corrected chi connectivity index (χ2v) is 6.74. The van der Waals surface area contributed by atoms with Gasteiger partial charge in [0, 0.05) is 30.4 Å². The highest BCUT2D eigenvalue weighted by atomic mass is 16.3. The van der Waals surface area contributed by atoms with Gasteiger partial charge >= 0.3 is 0 Å². The molecule has 0 radical (unpaired) electrons. The molecular weight excluding hydrogens is 288 g/mol. The molecule has 0 atom stereocenters. The first-order valence-corrected chi connectivity index (χ1v) is 7.99. The highest BCUT2D eigenvalue weighted by Crippen LogP contribution is 2.29. The van der Waals surface area contributed by atoms with Gasteiger partial charge in [0.1, 0.15) is 11.4 Å². The monoisotopic (exact) mass is 308 g/mol. The Bertz CT molecular complexity index is 905. The molecular formula is C18H20N4O. The lowest BCUT2D eigenvalue weighted by Gasteiger charge is -2.16. The zero-order chi connectivity index (χ0) is 16.2. The molecule has 0 saturated carbocycles. The molecule has 1 aliphatic rings. The molecule has 0 amide bonds. The average Bonchev–Trinajstić information content (AvgIpc) is 3.06. The SMILES string of the molecule is Cc1nc(C(C)(C)O)ncc1-c1ccc2nc3n(c2c1)CCC3. The summed E-state index contributed by atoms with van der Waals surface area (Å²) in [5.74, 6) is 1.63. The number of nitrogens with zero attached hydrogens (tertiary/aromatic N) is 4. The van der Waals surface area contributed by atoms with Crippen LogP contribution in [-0.4, -0.2) is 24.6 Å². The Hall–Kier alpha value is -2.27. The fourth-order valence-electron chi connectivity index (χ4n) is 3.22. The molecule has 0 fully saturated rings. The van der Waals surface area contributed by atoms with Crippen LogP contribution in [0.3, 0.4) is 0 Å². The molecule has 3 aromatic rings. The number of imidazole rings is 1. The van der Waals surface area contributed by atoms with Gasteiger partial charge in [-0.15, -0.1) is 0 Å². The third kappa shape index (κ3) is 2.32. The van der Waals surface area contributed by atoms with Crippen molar-refractivity contribution in [2.75, 3.05) is 0 Å². The van der Waals surface area contributed by atoms with E-state index in [1.165, 1.54) is 17.8 Å². The summed E-state index contributed by atoms with van der Waals surface area (Å²) in [4.78, 5) is 13.5. The van der Waals surface area contributed by atoms with Crippen molar-refractivity contribution in [2.45, 2.75) is 45.8 Å². The van der Waals surface area contributed by atoms with Gasteiger partial charge in [0.05, 0.1) is 11.0 Å². The summed E-state index contributed by atoms with van der Waals surface area (Å²) in [6, 6.07) is 6.31. The summed E-state index contributed by atoms with van der Waals surface area (Å²) >= 11 is 0. The molecule has 0 bridgehead atoms. The highest BCUT2D eigenvalue weighted by molar-refractivity contribution is 5.83. The summed E-state index contributed by atoms with van der Waals surface area (Å²) < 4.78 is 2.31. The lowest BCUT2D eigenvalue weighted by atomic mass is 10.0. The molecule has 4 rings (SSSR count). The predicted octanol–water partition coefficient (Wildman–Crippen LogP) is 2.98. The maximum atomic E-state index is 10.1. The van der Waals surface area contributed by atoms with E-state index in [2.05, 4.69) is 32.7 Å². The molecule has 1 aliphatic heterocycles. The van der Waals surface area contributed by atoms with Crippen LogP contribution >= 0.6 is 0 Å². The number of rotatable bonds is 2. The minimum atomic E-state index is -1.03. The van der Waals surface area contributed by atoms with E-state index in [0.29, 0.717) is 5.82 Å². The van der Waals surface area contributed by atoms with Gasteiger partial charge in [-0.05, 0) is 44.9 Å². The summed E-state index contributed by atoms with van der Waals surface area (Å²) in [6.07, 6.45) is 4.04. The molecule has 5 heteroatoms. The Morgan fingerprint density at radius 1 is 1.22 bits per heavy atom. The summed E-state index contributed by atoms with van der Waals surface area (Å²) in [5, 5.41) is 10.1. The van der Waals surface area contributed by atoms with Crippen molar-refractivity contribution >= 4 is 11.0 Å². The van der Waals surface area contributed by atoms with E-state index in [-0.39, 0.29) is 0 Å². The van der Waals surface area contributed by atoms with E-state index in [1.807, 2.05) is 6.92 Å². The number of hydrogen-bond donors (Lipinski definition) is 1. The standard InChI is InChI=1S/C18H20N4O/c1-11-13(10-19-17(20-11)18(2,3)23)12-6-7-14-15(9-12)22-8-4-5-16(22)21-14/h6-7,9-10,23H,4-5,8H2,1-3H3. The average molecular weight is 308 g/mol. The van der Waals surface area contributed by atoms with Crippen molar-refractivity contribution < 1.29 is 5.11 Å². The molecule has 3 heterocycles. The number of aryl methyl sites for hydroxylation is 3. The van der Waals surface area contributed by atoms with Gasteiger partial charge in [0.25, 0.3) is 0 Å². The number of aromatic nitrogens is 4. The zero-order valence-corrected chi connectivity index (χ0v) is 13.7. The van der Waals surface area contributed by atoms with Crippen LogP contribution in [0.25, 0.3) is 22.2 Å². The Morgan fingerprint density at radius 3 is 2.78 bits per heavy atom. The predicted molar refractivity (Wildman–Crippen MR) is 89.1 cm³/mol. The number of benzene rings is 1. The second kappa shape index (κ2) is 4.86. The summed E-state index contributed by atoms with van der Waals surface area (Å²) in [5.41, 5.74) is 4.16. The van der Waals surface area contributed by atoms with Crippen LogP contribution in [0.4, 0.5) is 0 Å².